The normalized spacial score (nSPS) is 11.4. The summed E-state index contributed by atoms with van der Waals surface area (Å²) in [6.45, 7) is 2.57. The summed E-state index contributed by atoms with van der Waals surface area (Å²) in [4.78, 5) is 4.13. The van der Waals surface area contributed by atoms with Crippen molar-refractivity contribution in [3.63, 3.8) is 0 Å². The minimum absolute atomic E-state index is 0.00869. The molecule has 0 aliphatic heterocycles. The fourth-order valence-corrected chi connectivity index (χ4v) is 2.06. The van der Waals surface area contributed by atoms with E-state index in [-0.39, 0.29) is 5.84 Å². The fourth-order valence-electron chi connectivity index (χ4n) is 1.81. The van der Waals surface area contributed by atoms with Crippen LogP contribution in [0.25, 0.3) is 0 Å². The number of benzene rings is 1. The molecule has 0 aliphatic rings. The first-order valence-corrected chi connectivity index (χ1v) is 6.83. The van der Waals surface area contributed by atoms with Gasteiger partial charge < -0.3 is 16.3 Å². The van der Waals surface area contributed by atoms with Crippen LogP contribution in [0, 0.1) is 6.92 Å². The Hall–Kier alpha value is -2.08. The Labute approximate surface area is 125 Å². The van der Waals surface area contributed by atoms with Crippen LogP contribution >= 0.6 is 15.9 Å². The van der Waals surface area contributed by atoms with Crippen molar-refractivity contribution in [3.05, 3.63) is 57.8 Å². The Morgan fingerprint density at radius 3 is 2.95 bits per heavy atom. The maximum absolute atomic E-state index is 8.76. The predicted octanol–water partition coefficient (Wildman–Crippen LogP) is 2.86. The molecule has 0 saturated carbocycles. The standard InChI is InChI=1S/C14H15BrN4O/c1-9-7-11(4-5-12(9)15)18-8-10-3-2-6-17-13(10)14(16)19-20/h2-7,18,20H,8H2,1H3,(H2,16,19). The lowest BCUT2D eigenvalue weighted by Gasteiger charge is -2.10. The minimum atomic E-state index is 0.00869. The van der Waals surface area contributed by atoms with Gasteiger partial charge in [-0.2, -0.15) is 0 Å². The van der Waals surface area contributed by atoms with E-state index >= 15 is 0 Å². The van der Waals surface area contributed by atoms with E-state index in [0.29, 0.717) is 12.2 Å². The van der Waals surface area contributed by atoms with Gasteiger partial charge in [-0.05, 0) is 36.8 Å². The molecule has 1 heterocycles. The first kappa shape index (κ1) is 14.3. The van der Waals surface area contributed by atoms with Crippen LogP contribution in [0.15, 0.2) is 46.2 Å². The summed E-state index contributed by atoms with van der Waals surface area (Å²) in [7, 11) is 0. The molecule has 2 rings (SSSR count). The number of amidine groups is 1. The Kier molecular flexibility index (Phi) is 4.57. The summed E-state index contributed by atoms with van der Waals surface area (Å²) in [5, 5.41) is 15.1. The van der Waals surface area contributed by atoms with Gasteiger partial charge in [-0.1, -0.05) is 27.2 Å². The molecule has 0 unspecified atom stereocenters. The fraction of sp³-hybridized carbons (Fsp3) is 0.143. The monoisotopic (exact) mass is 334 g/mol. The molecule has 0 saturated heterocycles. The molecular formula is C14H15BrN4O. The minimum Gasteiger partial charge on any atom is -0.409 e. The number of pyridine rings is 1. The molecule has 0 bridgehead atoms. The molecule has 0 spiro atoms. The van der Waals surface area contributed by atoms with E-state index in [0.717, 1.165) is 21.3 Å². The molecule has 0 aliphatic carbocycles. The van der Waals surface area contributed by atoms with Crippen molar-refractivity contribution in [2.75, 3.05) is 5.32 Å². The highest BCUT2D eigenvalue weighted by Gasteiger charge is 2.08. The molecule has 0 amide bonds. The van der Waals surface area contributed by atoms with Gasteiger partial charge in [-0.15, -0.1) is 0 Å². The highest BCUT2D eigenvalue weighted by molar-refractivity contribution is 9.10. The van der Waals surface area contributed by atoms with Crippen LogP contribution < -0.4 is 11.1 Å². The summed E-state index contributed by atoms with van der Waals surface area (Å²) in [5.74, 6) is 0.00869. The van der Waals surface area contributed by atoms with E-state index < -0.39 is 0 Å². The van der Waals surface area contributed by atoms with Crippen LogP contribution in [0.1, 0.15) is 16.8 Å². The first-order valence-electron chi connectivity index (χ1n) is 6.03. The highest BCUT2D eigenvalue weighted by atomic mass is 79.9. The zero-order valence-corrected chi connectivity index (χ0v) is 12.6. The van der Waals surface area contributed by atoms with Crippen LogP contribution in [-0.2, 0) is 6.54 Å². The van der Waals surface area contributed by atoms with Crippen LogP contribution in [0.4, 0.5) is 5.69 Å². The molecule has 2 aromatic rings. The second-order valence-electron chi connectivity index (χ2n) is 4.31. The van der Waals surface area contributed by atoms with Gasteiger partial charge in [0.2, 0.25) is 0 Å². The summed E-state index contributed by atoms with van der Waals surface area (Å²) in [6, 6.07) is 9.72. The molecule has 104 valence electrons. The van der Waals surface area contributed by atoms with E-state index in [2.05, 4.69) is 31.4 Å². The second kappa shape index (κ2) is 6.38. The SMILES string of the molecule is Cc1cc(NCc2cccnc2C(N)=NO)ccc1Br. The topological polar surface area (TPSA) is 83.5 Å². The Morgan fingerprint density at radius 2 is 2.25 bits per heavy atom. The number of nitrogens with two attached hydrogens (primary N) is 1. The zero-order chi connectivity index (χ0) is 14.5. The number of rotatable bonds is 4. The van der Waals surface area contributed by atoms with Gasteiger partial charge in [-0.25, -0.2) is 0 Å². The number of nitrogens with zero attached hydrogens (tertiary/aromatic N) is 2. The number of hydrogen-bond donors (Lipinski definition) is 3. The van der Waals surface area contributed by atoms with E-state index in [9.17, 15) is 0 Å². The molecule has 0 radical (unpaired) electrons. The van der Waals surface area contributed by atoms with Crippen LogP contribution in [0.5, 0.6) is 0 Å². The van der Waals surface area contributed by atoms with Gasteiger partial charge in [0.1, 0.15) is 5.69 Å². The third kappa shape index (κ3) is 3.27. The molecule has 1 aromatic carbocycles. The zero-order valence-electron chi connectivity index (χ0n) is 11.0. The van der Waals surface area contributed by atoms with E-state index in [1.165, 1.54) is 0 Å². The highest BCUT2D eigenvalue weighted by Crippen LogP contribution is 2.20. The van der Waals surface area contributed by atoms with Crippen molar-refractivity contribution in [1.82, 2.24) is 4.98 Å². The van der Waals surface area contributed by atoms with Gasteiger partial charge in [0, 0.05) is 28.5 Å². The average Bonchev–Trinajstić information content (AvgIpc) is 2.48. The number of hydrogen-bond acceptors (Lipinski definition) is 4. The smallest absolute Gasteiger partial charge is 0.189 e. The maximum atomic E-state index is 8.76. The van der Waals surface area contributed by atoms with Crippen LogP contribution in [0.2, 0.25) is 0 Å². The molecule has 0 fully saturated rings. The molecule has 20 heavy (non-hydrogen) atoms. The Balaban J connectivity index is 2.17. The van der Waals surface area contributed by atoms with Gasteiger partial charge in [0.05, 0.1) is 0 Å². The van der Waals surface area contributed by atoms with Gasteiger partial charge in [-0.3, -0.25) is 4.98 Å². The quantitative estimate of drug-likeness (QED) is 0.347. The summed E-state index contributed by atoms with van der Waals surface area (Å²) >= 11 is 3.47. The van der Waals surface area contributed by atoms with Crippen molar-refractivity contribution in [1.29, 1.82) is 0 Å². The molecule has 6 heteroatoms. The van der Waals surface area contributed by atoms with Crippen molar-refractivity contribution in [3.8, 4) is 0 Å². The average molecular weight is 335 g/mol. The van der Waals surface area contributed by atoms with Crippen LogP contribution in [-0.4, -0.2) is 16.0 Å². The lowest BCUT2D eigenvalue weighted by atomic mass is 10.1. The Bertz CT molecular complexity index is 643. The van der Waals surface area contributed by atoms with Crippen molar-refractivity contribution in [2.45, 2.75) is 13.5 Å². The number of aryl methyl sites for hydroxylation is 1. The lowest BCUT2D eigenvalue weighted by Crippen LogP contribution is -2.18. The van der Waals surface area contributed by atoms with Crippen molar-refractivity contribution in [2.24, 2.45) is 10.9 Å². The maximum Gasteiger partial charge on any atom is 0.189 e. The van der Waals surface area contributed by atoms with E-state index in [1.807, 2.05) is 37.3 Å². The van der Waals surface area contributed by atoms with Crippen molar-refractivity contribution < 1.29 is 5.21 Å². The molecule has 5 nitrogen and oxygen atoms in total. The molecule has 4 N–H and O–H groups in total. The van der Waals surface area contributed by atoms with E-state index in [1.54, 1.807) is 6.20 Å². The molecule has 1 aromatic heterocycles. The number of nitrogens with one attached hydrogen (secondary N) is 1. The van der Waals surface area contributed by atoms with Crippen LogP contribution in [0.3, 0.4) is 0 Å². The first-order chi connectivity index (χ1) is 9.61. The third-order valence-electron chi connectivity index (χ3n) is 2.88. The lowest BCUT2D eigenvalue weighted by molar-refractivity contribution is 0.318. The van der Waals surface area contributed by atoms with Gasteiger partial charge in [0.15, 0.2) is 5.84 Å². The van der Waals surface area contributed by atoms with Gasteiger partial charge in [0.25, 0.3) is 0 Å². The largest absolute Gasteiger partial charge is 0.409 e. The second-order valence-corrected chi connectivity index (χ2v) is 5.17. The van der Waals surface area contributed by atoms with Gasteiger partial charge >= 0.3 is 0 Å². The molecular weight excluding hydrogens is 320 g/mol. The molecule has 0 atom stereocenters. The third-order valence-corrected chi connectivity index (χ3v) is 3.77. The Morgan fingerprint density at radius 1 is 1.45 bits per heavy atom. The summed E-state index contributed by atoms with van der Waals surface area (Å²) in [5.41, 5.74) is 9.11. The van der Waals surface area contributed by atoms with Crippen molar-refractivity contribution >= 4 is 27.5 Å². The number of anilines is 1. The number of oxime groups is 1. The number of aromatic nitrogens is 1. The summed E-state index contributed by atoms with van der Waals surface area (Å²) < 4.78 is 1.07. The number of halogens is 1. The summed E-state index contributed by atoms with van der Waals surface area (Å²) in [6.07, 6.45) is 1.61. The predicted molar refractivity (Wildman–Crippen MR) is 83.0 cm³/mol. The van der Waals surface area contributed by atoms with E-state index in [4.69, 9.17) is 10.9 Å².